The molecule has 0 aliphatic heterocycles. The molecule has 0 aliphatic rings. The summed E-state index contributed by atoms with van der Waals surface area (Å²) in [6.45, 7) is 3.62. The van der Waals surface area contributed by atoms with Gasteiger partial charge >= 0.3 is 5.97 Å². The molecule has 1 N–H and O–H groups in total. The second-order valence-corrected chi connectivity index (χ2v) is 7.00. The molecule has 0 heterocycles. The van der Waals surface area contributed by atoms with Crippen molar-refractivity contribution in [3.63, 3.8) is 0 Å². The Morgan fingerprint density at radius 3 is 1.77 bits per heavy atom. The average molecular weight is 371 g/mol. The highest BCUT2D eigenvalue weighted by atomic mass is 16.5. The highest BCUT2D eigenvalue weighted by molar-refractivity contribution is 5.67. The number of carboxylic acids is 1. The van der Waals surface area contributed by atoms with Gasteiger partial charge < -0.3 is 14.6 Å². The maximum Gasteiger partial charge on any atom is 0.329 e. The highest BCUT2D eigenvalue weighted by Crippen LogP contribution is 2.10. The first-order valence-corrected chi connectivity index (χ1v) is 10.8. The van der Waals surface area contributed by atoms with Crippen molar-refractivity contribution < 1.29 is 19.4 Å². The topological polar surface area (TPSA) is 55.8 Å². The maximum absolute atomic E-state index is 10.2. The Hall–Kier alpha value is -0.870. The second-order valence-electron chi connectivity index (χ2n) is 7.00. The van der Waals surface area contributed by atoms with Crippen LogP contribution in [0.1, 0.15) is 96.8 Å². The van der Waals surface area contributed by atoms with E-state index in [0.29, 0.717) is 13.2 Å². The molecule has 0 saturated carbocycles. The molecule has 0 aromatic heterocycles. The molecule has 0 aliphatic carbocycles. The molecule has 0 fully saturated rings. The predicted octanol–water partition coefficient (Wildman–Crippen LogP) is 6.14. The Labute approximate surface area is 161 Å². The summed E-state index contributed by atoms with van der Waals surface area (Å²) in [6.07, 6.45) is 23.0. The molecule has 0 bridgehead atoms. The first kappa shape index (κ1) is 25.1. The van der Waals surface area contributed by atoms with Gasteiger partial charge in [-0.15, -0.1) is 0 Å². The zero-order valence-corrected chi connectivity index (χ0v) is 17.1. The van der Waals surface area contributed by atoms with Gasteiger partial charge in [-0.3, -0.25) is 0 Å². The molecule has 0 unspecified atom stereocenters. The summed E-state index contributed by atoms with van der Waals surface area (Å²) in [5, 5.41) is 8.40. The Morgan fingerprint density at radius 1 is 0.692 bits per heavy atom. The van der Waals surface area contributed by atoms with Crippen LogP contribution in [0.2, 0.25) is 0 Å². The number of unbranched alkanes of at least 4 members (excludes halogenated alkanes) is 12. The summed E-state index contributed by atoms with van der Waals surface area (Å²) in [7, 11) is 0. The molecule has 0 aromatic carbocycles. The largest absolute Gasteiger partial charge is 0.480 e. The fourth-order valence-corrected chi connectivity index (χ4v) is 2.83. The van der Waals surface area contributed by atoms with E-state index in [2.05, 4.69) is 19.1 Å². The molecule has 0 saturated heterocycles. The lowest BCUT2D eigenvalue weighted by molar-refractivity contribution is -0.142. The molecule has 0 radical (unpaired) electrons. The summed E-state index contributed by atoms with van der Waals surface area (Å²) in [5.74, 6) is -0.933. The molecular formula is C22H42O4. The zero-order chi connectivity index (χ0) is 19.1. The molecule has 0 atom stereocenters. The SMILES string of the molecule is CCCCCCCCC/C=C/CCCCCCCOCCOCC(=O)O. The van der Waals surface area contributed by atoms with Crippen LogP contribution in [0.15, 0.2) is 12.2 Å². The van der Waals surface area contributed by atoms with E-state index in [1.165, 1.54) is 83.5 Å². The number of hydrogen-bond donors (Lipinski definition) is 1. The van der Waals surface area contributed by atoms with Gasteiger partial charge in [0, 0.05) is 6.61 Å². The minimum Gasteiger partial charge on any atom is -0.480 e. The fourth-order valence-electron chi connectivity index (χ4n) is 2.83. The quantitative estimate of drug-likeness (QED) is 0.195. The Kier molecular flexibility index (Phi) is 21.4. The van der Waals surface area contributed by atoms with Crippen LogP contribution >= 0.6 is 0 Å². The number of allylic oxidation sites excluding steroid dienone is 2. The maximum atomic E-state index is 10.2. The van der Waals surface area contributed by atoms with Crippen LogP contribution < -0.4 is 0 Å². The first-order chi connectivity index (χ1) is 12.8. The third-order valence-electron chi connectivity index (χ3n) is 4.40. The number of hydrogen-bond acceptors (Lipinski definition) is 3. The number of rotatable bonds is 21. The van der Waals surface area contributed by atoms with E-state index in [1.807, 2.05) is 0 Å². The van der Waals surface area contributed by atoms with Crippen LogP contribution in [0.5, 0.6) is 0 Å². The molecule has 4 heteroatoms. The van der Waals surface area contributed by atoms with Crippen molar-refractivity contribution in [1.29, 1.82) is 0 Å². The normalized spacial score (nSPS) is 11.4. The molecule has 0 aromatic rings. The molecular weight excluding hydrogens is 328 g/mol. The Morgan fingerprint density at radius 2 is 1.19 bits per heavy atom. The van der Waals surface area contributed by atoms with Gasteiger partial charge in [-0.1, -0.05) is 76.9 Å². The minimum absolute atomic E-state index is 0.239. The second kappa shape index (κ2) is 22.2. The average Bonchev–Trinajstić information content (AvgIpc) is 2.62. The van der Waals surface area contributed by atoms with Gasteiger partial charge in [-0.05, 0) is 32.1 Å². The molecule has 0 amide bonds. The smallest absolute Gasteiger partial charge is 0.329 e. The van der Waals surface area contributed by atoms with E-state index in [-0.39, 0.29) is 6.61 Å². The first-order valence-electron chi connectivity index (χ1n) is 10.8. The van der Waals surface area contributed by atoms with Crippen molar-refractivity contribution in [1.82, 2.24) is 0 Å². The van der Waals surface area contributed by atoms with Crippen LogP contribution in [-0.2, 0) is 14.3 Å². The lowest BCUT2D eigenvalue weighted by atomic mass is 10.1. The van der Waals surface area contributed by atoms with Gasteiger partial charge in [0.2, 0.25) is 0 Å². The van der Waals surface area contributed by atoms with Crippen LogP contribution in [0, 0.1) is 0 Å². The molecule has 154 valence electrons. The van der Waals surface area contributed by atoms with E-state index < -0.39 is 5.97 Å². The standard InChI is InChI=1S/C22H42O4/c1-2-3-4-5-6-7-8-9-10-11-12-13-14-15-16-17-18-25-19-20-26-21-22(23)24/h10-11H,2-9,12-21H2,1H3,(H,23,24)/b11-10+. The Balaban J connectivity index is 3.07. The van der Waals surface area contributed by atoms with Gasteiger partial charge in [0.1, 0.15) is 6.61 Å². The van der Waals surface area contributed by atoms with Crippen molar-refractivity contribution in [2.24, 2.45) is 0 Å². The van der Waals surface area contributed by atoms with Gasteiger partial charge in [-0.2, -0.15) is 0 Å². The Bertz CT molecular complexity index is 315. The summed E-state index contributed by atoms with van der Waals surface area (Å²) in [6, 6.07) is 0. The number of carbonyl (C=O) groups is 1. The van der Waals surface area contributed by atoms with Crippen molar-refractivity contribution in [3.8, 4) is 0 Å². The predicted molar refractivity (Wildman–Crippen MR) is 109 cm³/mol. The monoisotopic (exact) mass is 370 g/mol. The number of ether oxygens (including phenoxy) is 2. The lowest BCUT2D eigenvalue weighted by Gasteiger charge is -2.04. The number of carboxylic acid groups (broad SMARTS) is 1. The summed E-state index contributed by atoms with van der Waals surface area (Å²) in [5.41, 5.74) is 0. The third-order valence-corrected chi connectivity index (χ3v) is 4.40. The van der Waals surface area contributed by atoms with Crippen molar-refractivity contribution in [2.45, 2.75) is 96.8 Å². The van der Waals surface area contributed by atoms with Crippen LogP contribution in [0.4, 0.5) is 0 Å². The van der Waals surface area contributed by atoms with E-state index in [0.717, 1.165) is 13.0 Å². The molecule has 26 heavy (non-hydrogen) atoms. The van der Waals surface area contributed by atoms with E-state index >= 15 is 0 Å². The minimum atomic E-state index is -0.933. The van der Waals surface area contributed by atoms with Crippen molar-refractivity contribution in [2.75, 3.05) is 26.4 Å². The molecule has 0 spiro atoms. The third kappa shape index (κ3) is 23.1. The zero-order valence-electron chi connectivity index (χ0n) is 17.1. The molecule has 0 rings (SSSR count). The van der Waals surface area contributed by atoms with Gasteiger partial charge in [-0.25, -0.2) is 4.79 Å². The van der Waals surface area contributed by atoms with Gasteiger partial charge in [0.25, 0.3) is 0 Å². The summed E-state index contributed by atoms with van der Waals surface area (Å²) < 4.78 is 10.3. The van der Waals surface area contributed by atoms with Gasteiger partial charge in [0.15, 0.2) is 0 Å². The van der Waals surface area contributed by atoms with E-state index in [4.69, 9.17) is 14.6 Å². The van der Waals surface area contributed by atoms with E-state index in [9.17, 15) is 4.79 Å². The van der Waals surface area contributed by atoms with Crippen LogP contribution in [0.3, 0.4) is 0 Å². The van der Waals surface area contributed by atoms with Crippen molar-refractivity contribution >= 4 is 5.97 Å². The fraction of sp³-hybridized carbons (Fsp3) is 0.864. The van der Waals surface area contributed by atoms with Gasteiger partial charge in [0.05, 0.1) is 13.2 Å². The van der Waals surface area contributed by atoms with Crippen molar-refractivity contribution in [3.05, 3.63) is 12.2 Å². The number of aliphatic carboxylic acids is 1. The summed E-state index contributed by atoms with van der Waals surface area (Å²) >= 11 is 0. The van der Waals surface area contributed by atoms with Crippen LogP contribution in [-0.4, -0.2) is 37.5 Å². The summed E-state index contributed by atoms with van der Waals surface area (Å²) in [4.78, 5) is 10.2. The van der Waals surface area contributed by atoms with E-state index in [1.54, 1.807) is 0 Å². The highest BCUT2D eigenvalue weighted by Gasteiger charge is 1.96. The molecule has 4 nitrogen and oxygen atoms in total. The lowest BCUT2D eigenvalue weighted by Crippen LogP contribution is -2.11. The van der Waals surface area contributed by atoms with Crippen LogP contribution in [0.25, 0.3) is 0 Å².